The fourth-order valence-electron chi connectivity index (χ4n) is 4.16. The molecule has 0 amide bonds. The van der Waals surface area contributed by atoms with Gasteiger partial charge in [0.05, 0.1) is 21.3 Å². The van der Waals surface area contributed by atoms with Gasteiger partial charge in [-0.05, 0) is 29.7 Å². The average molecular weight is 423 g/mol. The quantitative estimate of drug-likeness (QED) is 0.556. The molecule has 31 heavy (non-hydrogen) atoms. The molecule has 164 valence electrons. The van der Waals surface area contributed by atoms with E-state index in [9.17, 15) is 0 Å². The fourth-order valence-corrected chi connectivity index (χ4v) is 4.16. The minimum Gasteiger partial charge on any atom is -0.493 e. The molecule has 0 bridgehead atoms. The van der Waals surface area contributed by atoms with Gasteiger partial charge >= 0.3 is 0 Å². The van der Waals surface area contributed by atoms with Gasteiger partial charge in [0.1, 0.15) is 11.6 Å². The van der Waals surface area contributed by atoms with Crippen LogP contribution in [0.4, 0.5) is 0 Å². The lowest BCUT2D eigenvalue weighted by Crippen LogP contribution is -2.26. The zero-order chi connectivity index (χ0) is 21.6. The Balaban J connectivity index is 1.43. The molecule has 0 aliphatic carbocycles. The van der Waals surface area contributed by atoms with Gasteiger partial charge in [-0.25, -0.2) is 0 Å². The maximum absolute atomic E-state index is 5.50. The van der Waals surface area contributed by atoms with Crippen molar-refractivity contribution in [1.82, 2.24) is 19.7 Å². The molecule has 0 atom stereocenters. The van der Waals surface area contributed by atoms with Crippen molar-refractivity contribution in [2.45, 2.75) is 32.4 Å². The summed E-state index contributed by atoms with van der Waals surface area (Å²) in [5, 5.41) is 8.95. The molecule has 2 heterocycles. The average Bonchev–Trinajstić information content (AvgIpc) is 3.09. The summed E-state index contributed by atoms with van der Waals surface area (Å²) < 4.78 is 18.8. The smallest absolute Gasteiger partial charge is 0.203 e. The number of benzene rings is 2. The van der Waals surface area contributed by atoms with Crippen LogP contribution in [-0.4, -0.2) is 54.1 Å². The lowest BCUT2D eigenvalue weighted by Gasteiger charge is -2.21. The highest BCUT2D eigenvalue weighted by atomic mass is 16.5. The Kier molecular flexibility index (Phi) is 6.72. The first-order chi connectivity index (χ1) is 15.2. The van der Waals surface area contributed by atoms with Crippen LogP contribution in [0.25, 0.3) is 0 Å². The van der Waals surface area contributed by atoms with E-state index in [1.54, 1.807) is 21.3 Å². The Hall–Kier alpha value is -3.06. The Bertz CT molecular complexity index is 978. The molecule has 0 saturated heterocycles. The molecule has 4 rings (SSSR count). The molecule has 0 N–H and O–H groups in total. The molecule has 7 heteroatoms. The van der Waals surface area contributed by atoms with Crippen molar-refractivity contribution >= 4 is 0 Å². The first-order valence-electron chi connectivity index (χ1n) is 10.7. The van der Waals surface area contributed by atoms with Gasteiger partial charge in [0.2, 0.25) is 5.75 Å². The second kappa shape index (κ2) is 9.83. The van der Waals surface area contributed by atoms with Gasteiger partial charge in [-0.1, -0.05) is 30.3 Å². The predicted molar refractivity (Wildman–Crippen MR) is 119 cm³/mol. The van der Waals surface area contributed by atoms with E-state index < -0.39 is 0 Å². The second-order valence-corrected chi connectivity index (χ2v) is 7.73. The fraction of sp³-hybridized carbons (Fsp3) is 0.417. The van der Waals surface area contributed by atoms with E-state index in [4.69, 9.17) is 14.2 Å². The van der Waals surface area contributed by atoms with Gasteiger partial charge in [0.15, 0.2) is 11.5 Å². The van der Waals surface area contributed by atoms with Crippen molar-refractivity contribution in [3.05, 3.63) is 65.2 Å². The van der Waals surface area contributed by atoms with E-state index in [2.05, 4.69) is 50.0 Å². The first-order valence-corrected chi connectivity index (χ1v) is 10.7. The van der Waals surface area contributed by atoms with Crippen molar-refractivity contribution < 1.29 is 14.2 Å². The molecule has 0 fully saturated rings. The van der Waals surface area contributed by atoms with Crippen LogP contribution in [0, 0.1) is 0 Å². The highest BCUT2D eigenvalue weighted by Gasteiger charge is 2.20. The van der Waals surface area contributed by atoms with E-state index in [1.165, 1.54) is 5.56 Å². The van der Waals surface area contributed by atoms with Crippen molar-refractivity contribution in [1.29, 1.82) is 0 Å². The lowest BCUT2D eigenvalue weighted by molar-refractivity contribution is 0.268. The summed E-state index contributed by atoms with van der Waals surface area (Å²) in [6.45, 7) is 3.60. The van der Waals surface area contributed by atoms with Crippen LogP contribution in [0.3, 0.4) is 0 Å². The topological polar surface area (TPSA) is 61.6 Å². The van der Waals surface area contributed by atoms with Crippen LogP contribution in [0.15, 0.2) is 42.5 Å². The number of methoxy groups -OCH3 is 3. The Morgan fingerprint density at radius 1 is 0.806 bits per heavy atom. The van der Waals surface area contributed by atoms with Gasteiger partial charge in [0.25, 0.3) is 0 Å². The molecule has 1 aliphatic heterocycles. The summed E-state index contributed by atoms with van der Waals surface area (Å²) in [4.78, 5) is 2.44. The third-order valence-electron chi connectivity index (χ3n) is 5.81. The monoisotopic (exact) mass is 422 g/mol. The van der Waals surface area contributed by atoms with Gasteiger partial charge in [-0.3, -0.25) is 4.90 Å². The van der Waals surface area contributed by atoms with Crippen LogP contribution in [-0.2, 0) is 32.4 Å². The molecule has 1 aliphatic rings. The van der Waals surface area contributed by atoms with Crippen LogP contribution in [0.2, 0.25) is 0 Å². The normalized spacial score (nSPS) is 14.0. The van der Waals surface area contributed by atoms with Crippen LogP contribution in [0.1, 0.15) is 22.8 Å². The van der Waals surface area contributed by atoms with E-state index in [0.29, 0.717) is 17.2 Å². The number of fused-ring (bicyclic) bond motifs is 1. The van der Waals surface area contributed by atoms with Gasteiger partial charge in [-0.15, -0.1) is 10.2 Å². The van der Waals surface area contributed by atoms with Gasteiger partial charge < -0.3 is 18.8 Å². The van der Waals surface area contributed by atoms with Crippen LogP contribution in [0.5, 0.6) is 17.2 Å². The first kappa shape index (κ1) is 21.2. The van der Waals surface area contributed by atoms with Crippen LogP contribution < -0.4 is 14.2 Å². The third-order valence-corrected chi connectivity index (χ3v) is 5.81. The number of aromatic nitrogens is 3. The summed E-state index contributed by atoms with van der Waals surface area (Å²) in [5.74, 6) is 4.15. The Morgan fingerprint density at radius 3 is 2.23 bits per heavy atom. The summed E-state index contributed by atoms with van der Waals surface area (Å²) in [5.41, 5.74) is 2.47. The lowest BCUT2D eigenvalue weighted by atomic mass is 10.1. The number of hydrogen-bond acceptors (Lipinski definition) is 6. The molecule has 0 saturated carbocycles. The molecular weight excluding hydrogens is 392 g/mol. The number of nitrogens with zero attached hydrogens (tertiary/aromatic N) is 4. The Labute approximate surface area is 183 Å². The number of rotatable bonds is 8. The van der Waals surface area contributed by atoms with Crippen molar-refractivity contribution in [2.24, 2.45) is 0 Å². The summed E-state index contributed by atoms with van der Waals surface area (Å²) in [6, 6.07) is 14.6. The largest absolute Gasteiger partial charge is 0.493 e. The second-order valence-electron chi connectivity index (χ2n) is 7.73. The zero-order valence-electron chi connectivity index (χ0n) is 18.5. The summed E-state index contributed by atoms with van der Waals surface area (Å²) in [7, 11) is 4.92. The van der Waals surface area contributed by atoms with Gasteiger partial charge in [0, 0.05) is 39.0 Å². The van der Waals surface area contributed by atoms with Crippen LogP contribution >= 0.6 is 0 Å². The van der Waals surface area contributed by atoms with E-state index >= 15 is 0 Å². The minimum absolute atomic E-state index is 0.624. The maximum atomic E-state index is 5.50. The summed E-state index contributed by atoms with van der Waals surface area (Å²) >= 11 is 0. The molecule has 0 radical (unpaired) electrons. The maximum Gasteiger partial charge on any atom is 0.203 e. The SMILES string of the molecule is COc1cc(CN2CCc3nnc(CCc4ccccc4)n3CC2)cc(OC)c1OC. The molecular formula is C24H30N4O3. The highest BCUT2D eigenvalue weighted by Crippen LogP contribution is 2.38. The number of aryl methyl sites for hydroxylation is 2. The summed E-state index contributed by atoms with van der Waals surface area (Å²) in [6.07, 6.45) is 2.78. The Morgan fingerprint density at radius 2 is 1.55 bits per heavy atom. The molecule has 0 spiro atoms. The minimum atomic E-state index is 0.624. The van der Waals surface area contributed by atoms with Crippen molar-refractivity contribution in [2.75, 3.05) is 34.4 Å². The van der Waals surface area contributed by atoms with E-state index in [1.807, 2.05) is 12.1 Å². The van der Waals surface area contributed by atoms with Crippen molar-refractivity contribution in [3.8, 4) is 17.2 Å². The molecule has 3 aromatic rings. The van der Waals surface area contributed by atoms with E-state index in [-0.39, 0.29) is 0 Å². The molecule has 0 unspecified atom stereocenters. The van der Waals surface area contributed by atoms with Gasteiger partial charge in [-0.2, -0.15) is 0 Å². The zero-order valence-corrected chi connectivity index (χ0v) is 18.5. The number of ether oxygens (including phenoxy) is 3. The standard InChI is InChI=1S/C24H30N4O3/c1-29-20-15-19(16-21(30-2)24(20)31-3)17-27-12-11-23-26-25-22(28(23)14-13-27)10-9-18-7-5-4-6-8-18/h4-8,15-16H,9-14,17H2,1-3H3. The molecule has 2 aromatic carbocycles. The third kappa shape index (κ3) is 4.82. The molecule has 7 nitrogen and oxygen atoms in total. The highest BCUT2D eigenvalue weighted by molar-refractivity contribution is 5.53. The van der Waals surface area contributed by atoms with E-state index in [0.717, 1.165) is 62.7 Å². The van der Waals surface area contributed by atoms with Crippen molar-refractivity contribution in [3.63, 3.8) is 0 Å². The number of hydrogen-bond donors (Lipinski definition) is 0. The molecule has 1 aromatic heterocycles. The predicted octanol–water partition coefficient (Wildman–Crippen LogP) is 3.15.